The van der Waals surface area contributed by atoms with Gasteiger partial charge in [-0.15, -0.1) is 0 Å². The number of aryl methyl sites for hydroxylation is 2. The molecule has 210 valence electrons. The lowest BCUT2D eigenvalue weighted by Crippen LogP contribution is -2.03. The Labute approximate surface area is 233 Å². The Balaban J connectivity index is 1.67. The van der Waals surface area contributed by atoms with E-state index in [1.807, 2.05) is 0 Å². The van der Waals surface area contributed by atoms with Crippen LogP contribution in [0.25, 0.3) is 21.5 Å². The molecular weight excluding hydrogens is 464 g/mol. The molecule has 0 amide bonds. The third kappa shape index (κ3) is 9.51. The van der Waals surface area contributed by atoms with Crippen molar-refractivity contribution in [2.24, 2.45) is 0 Å². The van der Waals surface area contributed by atoms with Gasteiger partial charge in [0, 0.05) is 21.5 Å². The maximum absolute atomic E-state index is 6.58. The molecule has 0 aliphatic heterocycles. The molecule has 0 aromatic heterocycles. The van der Waals surface area contributed by atoms with Gasteiger partial charge in [0.15, 0.2) is 0 Å². The van der Waals surface area contributed by atoms with Crippen molar-refractivity contribution in [2.45, 2.75) is 130 Å². The van der Waals surface area contributed by atoms with E-state index in [0.29, 0.717) is 0 Å². The van der Waals surface area contributed by atoms with Crippen LogP contribution in [0, 0.1) is 13.8 Å². The molecule has 3 aromatic carbocycles. The molecular formula is C36H54O2. The van der Waals surface area contributed by atoms with Gasteiger partial charge in [0.1, 0.15) is 11.5 Å². The summed E-state index contributed by atoms with van der Waals surface area (Å²) in [7, 11) is 0. The second-order valence-electron chi connectivity index (χ2n) is 11.4. The fraction of sp³-hybridized carbons (Fsp3) is 0.611. The average molecular weight is 519 g/mol. The van der Waals surface area contributed by atoms with Crippen LogP contribution in [0.4, 0.5) is 0 Å². The number of rotatable bonds is 20. The van der Waals surface area contributed by atoms with Crippen LogP contribution in [0.15, 0.2) is 36.4 Å². The zero-order valence-corrected chi connectivity index (χ0v) is 25.0. The molecule has 38 heavy (non-hydrogen) atoms. The Morgan fingerprint density at radius 2 is 0.763 bits per heavy atom. The highest BCUT2D eigenvalue weighted by molar-refractivity contribution is 6.11. The summed E-state index contributed by atoms with van der Waals surface area (Å²) in [6.45, 7) is 10.5. The number of fused-ring (bicyclic) bond motifs is 2. The Bertz CT molecular complexity index is 1020. The summed E-state index contributed by atoms with van der Waals surface area (Å²) in [5.41, 5.74) is 2.52. The minimum atomic E-state index is 0.777. The molecule has 0 saturated carbocycles. The van der Waals surface area contributed by atoms with E-state index in [1.54, 1.807) is 0 Å². The van der Waals surface area contributed by atoms with E-state index in [9.17, 15) is 0 Å². The Morgan fingerprint density at radius 3 is 1.16 bits per heavy atom. The van der Waals surface area contributed by atoms with Gasteiger partial charge in [-0.3, -0.25) is 0 Å². The van der Waals surface area contributed by atoms with Crippen LogP contribution in [0.2, 0.25) is 0 Å². The maximum Gasteiger partial charge on any atom is 0.135 e. The van der Waals surface area contributed by atoms with Gasteiger partial charge in [-0.05, 0) is 38.8 Å². The van der Waals surface area contributed by atoms with Crippen molar-refractivity contribution >= 4 is 21.5 Å². The lowest BCUT2D eigenvalue weighted by Gasteiger charge is -2.19. The van der Waals surface area contributed by atoms with E-state index in [0.717, 1.165) is 37.6 Å². The van der Waals surface area contributed by atoms with Crippen molar-refractivity contribution in [1.29, 1.82) is 0 Å². The number of benzene rings is 3. The summed E-state index contributed by atoms with van der Waals surface area (Å²) in [5.74, 6) is 2.06. The van der Waals surface area contributed by atoms with E-state index in [-0.39, 0.29) is 0 Å². The van der Waals surface area contributed by atoms with Gasteiger partial charge in [-0.2, -0.15) is 0 Å². The minimum Gasteiger partial charge on any atom is -0.492 e. The zero-order valence-electron chi connectivity index (χ0n) is 25.0. The average Bonchev–Trinajstić information content (AvgIpc) is 2.91. The van der Waals surface area contributed by atoms with Crippen LogP contribution >= 0.6 is 0 Å². The van der Waals surface area contributed by atoms with Crippen LogP contribution in [0.3, 0.4) is 0 Å². The van der Waals surface area contributed by atoms with Gasteiger partial charge in [0.05, 0.1) is 13.2 Å². The van der Waals surface area contributed by atoms with Crippen LogP contribution in [-0.4, -0.2) is 13.2 Å². The highest BCUT2D eigenvalue weighted by Gasteiger charge is 2.17. The van der Waals surface area contributed by atoms with Gasteiger partial charge >= 0.3 is 0 Å². The van der Waals surface area contributed by atoms with Gasteiger partial charge in [-0.25, -0.2) is 0 Å². The SMILES string of the molecule is CCCCCCCCCCOc1c2ccc(C)cc2c(OCCCCCCCCCC)c2cc(C)ccc12. The summed E-state index contributed by atoms with van der Waals surface area (Å²) in [6.07, 6.45) is 21.0. The highest BCUT2D eigenvalue weighted by Crippen LogP contribution is 2.43. The highest BCUT2D eigenvalue weighted by atomic mass is 16.5. The minimum absolute atomic E-state index is 0.777. The first kappa shape index (κ1) is 30.3. The van der Waals surface area contributed by atoms with E-state index < -0.39 is 0 Å². The third-order valence-electron chi connectivity index (χ3n) is 7.82. The molecule has 0 aliphatic rings. The molecule has 0 N–H and O–H groups in total. The fourth-order valence-corrected chi connectivity index (χ4v) is 5.51. The largest absolute Gasteiger partial charge is 0.492 e. The van der Waals surface area contributed by atoms with Crippen molar-refractivity contribution < 1.29 is 9.47 Å². The van der Waals surface area contributed by atoms with Crippen molar-refractivity contribution in [2.75, 3.05) is 13.2 Å². The first-order valence-corrected chi connectivity index (χ1v) is 15.9. The molecule has 0 bridgehead atoms. The van der Waals surface area contributed by atoms with Gasteiger partial charge in [-0.1, -0.05) is 139 Å². The predicted octanol–water partition coefficient (Wildman–Crippen LogP) is 11.6. The summed E-state index contributed by atoms with van der Waals surface area (Å²) in [4.78, 5) is 0. The fourth-order valence-electron chi connectivity index (χ4n) is 5.51. The molecule has 0 unspecified atom stereocenters. The Kier molecular flexibility index (Phi) is 13.9. The Hall–Kier alpha value is -2.22. The number of hydrogen-bond donors (Lipinski definition) is 0. The first-order valence-electron chi connectivity index (χ1n) is 15.9. The molecule has 2 heteroatoms. The predicted molar refractivity (Wildman–Crippen MR) is 167 cm³/mol. The maximum atomic E-state index is 6.58. The molecule has 3 aromatic rings. The monoisotopic (exact) mass is 518 g/mol. The second kappa shape index (κ2) is 17.4. The van der Waals surface area contributed by atoms with E-state index in [4.69, 9.17) is 9.47 Å². The van der Waals surface area contributed by atoms with Crippen molar-refractivity contribution in [3.8, 4) is 11.5 Å². The summed E-state index contributed by atoms with van der Waals surface area (Å²) in [6, 6.07) is 13.4. The van der Waals surface area contributed by atoms with Crippen LogP contribution in [0.5, 0.6) is 11.5 Å². The van der Waals surface area contributed by atoms with Crippen molar-refractivity contribution in [3.05, 3.63) is 47.5 Å². The van der Waals surface area contributed by atoms with Crippen LogP contribution < -0.4 is 9.47 Å². The van der Waals surface area contributed by atoms with E-state index in [1.165, 1.54) is 123 Å². The lowest BCUT2D eigenvalue weighted by atomic mass is 9.97. The number of hydrogen-bond acceptors (Lipinski definition) is 2. The smallest absolute Gasteiger partial charge is 0.135 e. The lowest BCUT2D eigenvalue weighted by molar-refractivity contribution is 0.306. The van der Waals surface area contributed by atoms with E-state index >= 15 is 0 Å². The quantitative estimate of drug-likeness (QED) is 0.109. The van der Waals surface area contributed by atoms with Crippen molar-refractivity contribution in [3.63, 3.8) is 0 Å². The second-order valence-corrected chi connectivity index (χ2v) is 11.4. The van der Waals surface area contributed by atoms with E-state index in [2.05, 4.69) is 64.1 Å². The number of unbranched alkanes of at least 4 members (excludes halogenated alkanes) is 14. The topological polar surface area (TPSA) is 18.5 Å². The Morgan fingerprint density at radius 1 is 0.421 bits per heavy atom. The van der Waals surface area contributed by atoms with Gasteiger partial charge < -0.3 is 9.47 Å². The molecule has 0 spiro atoms. The van der Waals surface area contributed by atoms with Gasteiger partial charge in [0.2, 0.25) is 0 Å². The molecule has 0 saturated heterocycles. The summed E-state index contributed by atoms with van der Waals surface area (Å²) >= 11 is 0. The number of ether oxygens (including phenoxy) is 2. The molecule has 0 heterocycles. The standard InChI is InChI=1S/C36H54O2/c1-5-7-9-11-13-15-17-19-25-37-35-31-23-21-29(3)27-33(31)36(34-28-30(4)22-24-32(34)35)38-26-20-18-16-14-12-10-8-6-2/h21-24,27-28H,5-20,25-26H2,1-4H3. The zero-order chi connectivity index (χ0) is 27.0. The summed E-state index contributed by atoms with van der Waals surface area (Å²) < 4.78 is 13.1. The third-order valence-corrected chi connectivity index (χ3v) is 7.82. The first-order chi connectivity index (χ1) is 18.7. The molecule has 0 radical (unpaired) electrons. The summed E-state index contributed by atoms with van der Waals surface area (Å²) in [5, 5.41) is 4.73. The molecule has 0 aliphatic carbocycles. The van der Waals surface area contributed by atoms with Crippen LogP contribution in [0.1, 0.15) is 128 Å². The van der Waals surface area contributed by atoms with Crippen LogP contribution in [-0.2, 0) is 0 Å². The van der Waals surface area contributed by atoms with Gasteiger partial charge in [0.25, 0.3) is 0 Å². The van der Waals surface area contributed by atoms with Crippen molar-refractivity contribution in [1.82, 2.24) is 0 Å². The molecule has 3 rings (SSSR count). The molecule has 2 nitrogen and oxygen atoms in total. The molecule has 0 atom stereocenters. The normalized spacial score (nSPS) is 11.5. The molecule has 0 fully saturated rings.